The van der Waals surface area contributed by atoms with E-state index >= 15 is 0 Å². The highest BCUT2D eigenvalue weighted by Gasteiger charge is 2.46. The molecule has 1 aromatic carbocycles. The third kappa shape index (κ3) is 3.34. The van der Waals surface area contributed by atoms with Crippen LogP contribution in [-0.4, -0.2) is 25.0 Å². The molecule has 2 aromatic rings. The number of nitrogens with zero attached hydrogens (tertiary/aromatic N) is 1. The van der Waals surface area contributed by atoms with E-state index in [4.69, 9.17) is 0 Å². The van der Waals surface area contributed by atoms with Crippen LogP contribution in [0.1, 0.15) is 17.7 Å². The lowest BCUT2D eigenvalue weighted by molar-refractivity contribution is -0.384. The van der Waals surface area contributed by atoms with Crippen molar-refractivity contribution in [1.82, 2.24) is 4.72 Å². The highest BCUT2D eigenvalue weighted by Crippen LogP contribution is 2.46. The van der Waals surface area contributed by atoms with Gasteiger partial charge in [0.05, 0.1) is 9.82 Å². The van der Waals surface area contributed by atoms with Crippen LogP contribution in [0.4, 0.5) is 5.69 Å². The predicted molar refractivity (Wildman–Crippen MR) is 89.2 cm³/mol. The SMILES string of the molecule is O=[N+]([O-])c1ccc(S(=O)(=O)NCC(O)(c2cccs2)C2CC2)cc1. The van der Waals surface area contributed by atoms with Crippen LogP contribution >= 0.6 is 11.3 Å². The Balaban J connectivity index is 1.78. The van der Waals surface area contributed by atoms with Gasteiger partial charge in [-0.15, -0.1) is 11.3 Å². The first-order valence-electron chi connectivity index (χ1n) is 7.33. The Labute approximate surface area is 143 Å². The molecule has 0 bridgehead atoms. The molecule has 128 valence electrons. The van der Waals surface area contributed by atoms with Gasteiger partial charge in [0.25, 0.3) is 5.69 Å². The van der Waals surface area contributed by atoms with Crippen molar-refractivity contribution in [1.29, 1.82) is 0 Å². The smallest absolute Gasteiger partial charge is 0.269 e. The van der Waals surface area contributed by atoms with Gasteiger partial charge in [-0.25, -0.2) is 13.1 Å². The molecule has 1 unspecified atom stereocenters. The van der Waals surface area contributed by atoms with E-state index < -0.39 is 20.5 Å². The van der Waals surface area contributed by atoms with Crippen molar-refractivity contribution in [3.63, 3.8) is 0 Å². The monoisotopic (exact) mass is 368 g/mol. The zero-order valence-corrected chi connectivity index (χ0v) is 14.2. The van der Waals surface area contributed by atoms with Crippen LogP contribution in [-0.2, 0) is 15.6 Å². The third-order valence-corrected chi connectivity index (χ3v) is 6.54. The maximum absolute atomic E-state index is 12.4. The van der Waals surface area contributed by atoms with E-state index in [0.29, 0.717) is 0 Å². The molecule has 1 fully saturated rings. The molecule has 2 N–H and O–H groups in total. The van der Waals surface area contributed by atoms with Gasteiger partial charge in [-0.05, 0) is 42.3 Å². The highest BCUT2D eigenvalue weighted by molar-refractivity contribution is 7.89. The molecular formula is C15H16N2O5S2. The number of thiophene rings is 1. The van der Waals surface area contributed by atoms with Gasteiger partial charge in [-0.1, -0.05) is 6.07 Å². The zero-order chi connectivity index (χ0) is 17.4. The van der Waals surface area contributed by atoms with Crippen molar-refractivity contribution in [3.8, 4) is 0 Å². The first kappa shape index (κ1) is 17.0. The van der Waals surface area contributed by atoms with Gasteiger partial charge in [0.1, 0.15) is 5.60 Å². The maximum atomic E-state index is 12.4. The molecule has 0 saturated heterocycles. The van der Waals surface area contributed by atoms with Gasteiger partial charge in [-0.2, -0.15) is 0 Å². The summed E-state index contributed by atoms with van der Waals surface area (Å²) in [4.78, 5) is 10.7. The maximum Gasteiger partial charge on any atom is 0.269 e. The number of hydrogen-bond acceptors (Lipinski definition) is 6. The minimum atomic E-state index is -3.86. The molecule has 0 aliphatic heterocycles. The number of nitro groups is 1. The van der Waals surface area contributed by atoms with Gasteiger partial charge in [0.15, 0.2) is 0 Å². The number of non-ortho nitro benzene ring substituents is 1. The number of nitro benzene ring substituents is 1. The van der Waals surface area contributed by atoms with Gasteiger partial charge >= 0.3 is 0 Å². The Morgan fingerprint density at radius 1 is 1.29 bits per heavy atom. The summed E-state index contributed by atoms with van der Waals surface area (Å²) < 4.78 is 27.2. The van der Waals surface area contributed by atoms with E-state index in [1.54, 1.807) is 6.07 Å². The summed E-state index contributed by atoms with van der Waals surface area (Å²) in [7, 11) is -3.86. The van der Waals surface area contributed by atoms with Crippen LogP contribution in [0, 0.1) is 16.0 Å². The molecule has 1 heterocycles. The van der Waals surface area contributed by atoms with Gasteiger partial charge in [-0.3, -0.25) is 10.1 Å². The lowest BCUT2D eigenvalue weighted by Gasteiger charge is -2.27. The molecule has 1 aliphatic carbocycles. The van der Waals surface area contributed by atoms with Gasteiger partial charge < -0.3 is 5.11 Å². The lowest BCUT2D eigenvalue weighted by atomic mass is 9.96. The quantitative estimate of drug-likeness (QED) is 0.575. The minimum Gasteiger partial charge on any atom is -0.383 e. The van der Waals surface area contributed by atoms with Crippen molar-refractivity contribution >= 4 is 27.0 Å². The highest BCUT2D eigenvalue weighted by atomic mass is 32.2. The Morgan fingerprint density at radius 3 is 2.46 bits per heavy atom. The molecule has 1 aromatic heterocycles. The van der Waals surface area contributed by atoms with Crippen LogP contribution in [0.5, 0.6) is 0 Å². The summed E-state index contributed by atoms with van der Waals surface area (Å²) in [5.74, 6) is 0.0377. The molecule has 0 amide bonds. The number of nitrogens with one attached hydrogen (secondary N) is 1. The second-order valence-electron chi connectivity index (χ2n) is 5.75. The largest absolute Gasteiger partial charge is 0.383 e. The van der Waals surface area contributed by atoms with Crippen molar-refractivity contribution in [3.05, 3.63) is 56.8 Å². The summed E-state index contributed by atoms with van der Waals surface area (Å²) in [5, 5.41) is 23.4. The van der Waals surface area contributed by atoms with Crippen LogP contribution in [0.3, 0.4) is 0 Å². The molecule has 1 aliphatic rings. The van der Waals surface area contributed by atoms with Gasteiger partial charge in [0.2, 0.25) is 10.0 Å². The van der Waals surface area contributed by atoms with Gasteiger partial charge in [0, 0.05) is 23.6 Å². The lowest BCUT2D eigenvalue weighted by Crippen LogP contribution is -2.41. The normalized spacial score (nSPS) is 17.4. The molecule has 1 saturated carbocycles. The minimum absolute atomic E-state index is 0.0377. The summed E-state index contributed by atoms with van der Waals surface area (Å²) in [6.07, 6.45) is 1.71. The predicted octanol–water partition coefficient (Wildman–Crippen LogP) is 2.23. The van der Waals surface area contributed by atoms with E-state index in [1.807, 2.05) is 11.4 Å². The van der Waals surface area contributed by atoms with E-state index in [-0.39, 0.29) is 23.0 Å². The van der Waals surface area contributed by atoms with Crippen molar-refractivity contribution in [2.24, 2.45) is 5.92 Å². The fourth-order valence-electron chi connectivity index (χ4n) is 2.55. The fourth-order valence-corrected chi connectivity index (χ4v) is 4.53. The van der Waals surface area contributed by atoms with Crippen molar-refractivity contribution in [2.75, 3.05) is 6.54 Å². The first-order valence-corrected chi connectivity index (χ1v) is 9.70. The average molecular weight is 368 g/mol. The fraction of sp³-hybridized carbons (Fsp3) is 0.333. The molecule has 3 rings (SSSR count). The summed E-state index contributed by atoms with van der Waals surface area (Å²) in [6.45, 7) is -0.127. The third-order valence-electron chi connectivity index (χ3n) is 4.09. The second kappa shape index (κ2) is 6.25. The van der Waals surface area contributed by atoms with Crippen LogP contribution < -0.4 is 4.72 Å². The number of aliphatic hydroxyl groups is 1. The molecule has 24 heavy (non-hydrogen) atoms. The van der Waals surface area contributed by atoms with E-state index in [1.165, 1.54) is 23.5 Å². The Morgan fingerprint density at radius 2 is 1.96 bits per heavy atom. The molecular weight excluding hydrogens is 352 g/mol. The Kier molecular flexibility index (Phi) is 4.43. The van der Waals surface area contributed by atoms with Crippen LogP contribution in [0.15, 0.2) is 46.7 Å². The molecule has 7 nitrogen and oxygen atoms in total. The summed E-state index contributed by atoms with van der Waals surface area (Å²) >= 11 is 1.39. The van der Waals surface area contributed by atoms with Crippen molar-refractivity contribution < 1.29 is 18.4 Å². The van der Waals surface area contributed by atoms with E-state index in [9.17, 15) is 23.6 Å². The number of rotatable bonds is 7. The molecule has 1 atom stereocenters. The molecule has 9 heteroatoms. The van der Waals surface area contributed by atoms with Crippen molar-refractivity contribution in [2.45, 2.75) is 23.3 Å². The standard InChI is InChI=1S/C15H16N2O5S2/c18-15(11-3-4-11,14-2-1-9-23-14)10-16-24(21,22)13-7-5-12(6-8-13)17(19)20/h1-2,5-9,11,16,18H,3-4,10H2. The number of benzene rings is 1. The molecule has 0 spiro atoms. The average Bonchev–Trinajstić information content (AvgIpc) is 3.28. The topological polar surface area (TPSA) is 110 Å². The summed E-state index contributed by atoms with van der Waals surface area (Å²) in [5.41, 5.74) is -1.40. The second-order valence-corrected chi connectivity index (χ2v) is 8.47. The molecule has 0 radical (unpaired) electrons. The number of sulfonamides is 1. The first-order chi connectivity index (χ1) is 11.3. The van der Waals surface area contributed by atoms with Crippen LogP contribution in [0.2, 0.25) is 0 Å². The zero-order valence-electron chi connectivity index (χ0n) is 12.6. The summed E-state index contributed by atoms with van der Waals surface area (Å²) in [6, 6.07) is 8.26. The number of hydrogen-bond donors (Lipinski definition) is 2. The van der Waals surface area contributed by atoms with Crippen LogP contribution in [0.25, 0.3) is 0 Å². The Bertz CT molecular complexity index is 829. The Hall–Kier alpha value is -1.81. The van der Waals surface area contributed by atoms with E-state index in [0.717, 1.165) is 29.9 Å². The van der Waals surface area contributed by atoms with E-state index in [2.05, 4.69) is 4.72 Å².